The highest BCUT2D eigenvalue weighted by molar-refractivity contribution is 7.91. The maximum Gasteiger partial charge on any atom is 0.419 e. The van der Waals surface area contributed by atoms with Crippen molar-refractivity contribution in [3.63, 3.8) is 0 Å². The lowest BCUT2D eigenvalue weighted by molar-refractivity contribution is -0.149. The molecular weight excluding hydrogens is 653 g/mol. The molecule has 2 amide bonds. The van der Waals surface area contributed by atoms with Crippen LogP contribution in [0, 0.1) is 0 Å². The first-order chi connectivity index (χ1) is 20.6. The SMILES string of the molecule is COC[C@](OC[C@H]1O[C@@H](n2ncc3c(NC4CCCC4)nc(Cl)nc32)[C@H](O)[C@@H]1O)(C(=O)N=S(C)(=O)NC(=O)OC)P(=O)(O)O. The van der Waals surface area contributed by atoms with Crippen molar-refractivity contribution in [2.24, 2.45) is 4.36 Å². The minimum Gasteiger partial charge on any atom is -0.452 e. The lowest BCUT2D eigenvalue weighted by atomic mass is 10.1. The predicted molar refractivity (Wildman–Crippen MR) is 152 cm³/mol. The number of carbonyl (C=O) groups excluding carboxylic acids is 2. The average Bonchev–Trinajstić information content (AvgIpc) is 3.66. The van der Waals surface area contributed by atoms with Crippen LogP contribution in [0.4, 0.5) is 10.6 Å². The zero-order valence-electron chi connectivity index (χ0n) is 23.7. The van der Waals surface area contributed by atoms with Gasteiger partial charge in [-0.05, 0) is 24.4 Å². The molecule has 0 aromatic carbocycles. The van der Waals surface area contributed by atoms with Gasteiger partial charge in [0.25, 0.3) is 5.34 Å². The Labute approximate surface area is 256 Å². The van der Waals surface area contributed by atoms with E-state index in [1.165, 1.54) is 6.20 Å². The largest absolute Gasteiger partial charge is 0.452 e. The van der Waals surface area contributed by atoms with Gasteiger partial charge in [0.05, 0.1) is 31.9 Å². The molecule has 0 spiro atoms. The van der Waals surface area contributed by atoms with Gasteiger partial charge in [0.15, 0.2) is 11.9 Å². The Kier molecular flexibility index (Phi) is 10.5. The van der Waals surface area contributed by atoms with Crippen LogP contribution in [-0.2, 0) is 38.2 Å². The fourth-order valence-corrected chi connectivity index (χ4v) is 6.82. The van der Waals surface area contributed by atoms with Crippen molar-refractivity contribution < 1.29 is 57.3 Å². The molecule has 6 N–H and O–H groups in total. The van der Waals surface area contributed by atoms with Crippen LogP contribution < -0.4 is 10.0 Å². The second-order valence-electron chi connectivity index (χ2n) is 10.2. The first kappa shape index (κ1) is 34.4. The quantitative estimate of drug-likeness (QED) is 0.133. The zero-order valence-corrected chi connectivity index (χ0v) is 26.2. The Morgan fingerprint density at radius 1 is 1.25 bits per heavy atom. The van der Waals surface area contributed by atoms with Crippen molar-refractivity contribution in [1.29, 1.82) is 0 Å². The number of aliphatic hydroxyl groups is 2. The van der Waals surface area contributed by atoms with Crippen LogP contribution in [0.2, 0.25) is 5.28 Å². The number of anilines is 1. The molecule has 1 unspecified atom stereocenters. The molecule has 2 aromatic heterocycles. The molecule has 1 saturated carbocycles. The highest BCUT2D eigenvalue weighted by Crippen LogP contribution is 2.53. The van der Waals surface area contributed by atoms with E-state index in [-0.39, 0.29) is 17.0 Å². The summed E-state index contributed by atoms with van der Waals surface area (Å²) in [6.45, 7) is -1.98. The second-order valence-corrected chi connectivity index (χ2v) is 14.3. The number of aliphatic hydroxyl groups excluding tert-OH is 2. The normalized spacial score (nSPS) is 25.4. The molecule has 44 heavy (non-hydrogen) atoms. The number of amides is 2. The van der Waals surface area contributed by atoms with E-state index in [2.05, 4.69) is 29.5 Å². The fourth-order valence-electron chi connectivity index (χ4n) is 4.85. The van der Waals surface area contributed by atoms with Gasteiger partial charge in [-0.15, -0.1) is 4.36 Å². The Morgan fingerprint density at radius 2 is 1.93 bits per heavy atom. The first-order valence-electron chi connectivity index (χ1n) is 13.1. The summed E-state index contributed by atoms with van der Waals surface area (Å²) < 4.78 is 51.7. The van der Waals surface area contributed by atoms with Crippen LogP contribution in [-0.4, -0.2) is 119 Å². The Bertz CT molecular complexity index is 1560. The topological polar surface area (TPSA) is 266 Å². The molecule has 246 valence electrons. The highest BCUT2D eigenvalue weighted by atomic mass is 35.5. The van der Waals surface area contributed by atoms with Crippen molar-refractivity contribution in [3.8, 4) is 0 Å². The highest BCUT2D eigenvalue weighted by Gasteiger charge is 2.57. The minimum absolute atomic E-state index is 0.116. The third-order valence-electron chi connectivity index (χ3n) is 7.05. The third-order valence-corrected chi connectivity index (χ3v) is 9.67. The smallest absolute Gasteiger partial charge is 0.419 e. The molecule has 2 aliphatic rings. The molecule has 0 radical (unpaired) electrons. The number of carbonyl (C=O) groups is 2. The second kappa shape index (κ2) is 13.5. The summed E-state index contributed by atoms with van der Waals surface area (Å²) in [5, 5.41) is 26.4. The number of methoxy groups -OCH3 is 2. The van der Waals surface area contributed by atoms with E-state index in [4.69, 9.17) is 25.8 Å². The van der Waals surface area contributed by atoms with Crippen molar-refractivity contribution >= 4 is 58.0 Å². The Balaban J connectivity index is 1.60. The number of rotatable bonds is 11. The van der Waals surface area contributed by atoms with Crippen molar-refractivity contribution in [2.75, 3.05) is 39.0 Å². The molecule has 22 heteroatoms. The van der Waals surface area contributed by atoms with E-state index in [9.17, 15) is 38.4 Å². The van der Waals surface area contributed by atoms with Gasteiger partial charge in [0.2, 0.25) is 5.28 Å². The van der Waals surface area contributed by atoms with E-state index in [0.717, 1.165) is 50.8 Å². The van der Waals surface area contributed by atoms with Crippen molar-refractivity contribution in [1.82, 2.24) is 24.5 Å². The molecule has 4 rings (SSSR count). The number of halogens is 1. The van der Waals surface area contributed by atoms with Gasteiger partial charge < -0.3 is 44.3 Å². The summed E-state index contributed by atoms with van der Waals surface area (Å²) in [5.74, 6) is -1.32. The standard InChI is InChI=1S/C22H33ClN7O12PS/c1-39-10-22(43(35,36)37,19(33)28-44(3,38)29-21(34)40-2)41-9-13-14(31)15(32)18(42-13)30-17-12(8-24-30)16(26-20(23)27-17)25-11-6-4-5-7-11/h8,11,13-15,18,31-32H,4-7,9-10H2,1-3H3,(H,25,26,27)(H2,35,36,37)(H,28,29,33,34,38)/t13-,14-,15-,18-,22-,44?/m1/s1. The van der Waals surface area contributed by atoms with Gasteiger partial charge in [-0.1, -0.05) is 12.8 Å². The number of aromatic nitrogens is 4. The van der Waals surface area contributed by atoms with E-state index >= 15 is 0 Å². The molecule has 6 atom stereocenters. The fraction of sp³-hybridized carbons (Fsp3) is 0.682. The molecule has 2 fully saturated rings. The van der Waals surface area contributed by atoms with Crippen LogP contribution in [0.15, 0.2) is 10.6 Å². The lowest BCUT2D eigenvalue weighted by Gasteiger charge is -2.31. The average molecular weight is 686 g/mol. The van der Waals surface area contributed by atoms with Crippen LogP contribution in [0.3, 0.4) is 0 Å². The summed E-state index contributed by atoms with van der Waals surface area (Å²) in [6, 6.07) is 0.178. The van der Waals surface area contributed by atoms with Gasteiger partial charge >= 0.3 is 19.6 Å². The molecule has 19 nitrogen and oxygen atoms in total. The zero-order chi connectivity index (χ0) is 32.4. The number of ether oxygens (including phenoxy) is 4. The van der Waals surface area contributed by atoms with Gasteiger partial charge in [-0.2, -0.15) is 15.1 Å². The Morgan fingerprint density at radius 3 is 2.55 bits per heavy atom. The van der Waals surface area contributed by atoms with Crippen molar-refractivity contribution in [3.05, 3.63) is 11.5 Å². The maximum absolute atomic E-state index is 13.1. The van der Waals surface area contributed by atoms with E-state index < -0.39 is 72.6 Å². The van der Waals surface area contributed by atoms with E-state index in [1.54, 1.807) is 4.72 Å². The number of hydrogen-bond acceptors (Lipinski definition) is 14. The molecule has 1 aliphatic heterocycles. The number of nitrogens with one attached hydrogen (secondary N) is 2. The molecule has 0 bridgehead atoms. The predicted octanol–water partition coefficient (Wildman–Crippen LogP) is -0.114. The number of nitrogens with zero attached hydrogens (tertiary/aromatic N) is 5. The summed E-state index contributed by atoms with van der Waals surface area (Å²) in [6.07, 6.45) is -1.21. The molecule has 1 saturated heterocycles. The van der Waals surface area contributed by atoms with Crippen LogP contribution >= 0.6 is 19.2 Å². The maximum atomic E-state index is 13.1. The minimum atomic E-state index is -5.63. The van der Waals surface area contributed by atoms with Gasteiger partial charge in [-0.25, -0.2) is 18.4 Å². The molecule has 2 aromatic rings. The third kappa shape index (κ3) is 7.14. The van der Waals surface area contributed by atoms with E-state index in [1.807, 2.05) is 0 Å². The first-order valence-corrected chi connectivity index (χ1v) is 17.0. The van der Waals surface area contributed by atoms with E-state index in [0.29, 0.717) is 11.2 Å². The van der Waals surface area contributed by atoms with Crippen LogP contribution in [0.25, 0.3) is 11.0 Å². The number of fused-ring (bicyclic) bond motifs is 1. The summed E-state index contributed by atoms with van der Waals surface area (Å²) in [5.41, 5.74) is 0.164. The molecule has 1 aliphatic carbocycles. The van der Waals surface area contributed by atoms with Crippen molar-refractivity contribution in [2.45, 2.75) is 61.6 Å². The summed E-state index contributed by atoms with van der Waals surface area (Å²) >= 11 is 6.17. The summed E-state index contributed by atoms with van der Waals surface area (Å²) in [7, 11) is -7.60. The lowest BCUT2D eigenvalue weighted by Crippen LogP contribution is -2.48. The number of hydrogen-bond donors (Lipinski definition) is 6. The monoisotopic (exact) mass is 685 g/mol. The Hall–Kier alpha value is -2.52. The summed E-state index contributed by atoms with van der Waals surface area (Å²) in [4.78, 5) is 53.3. The van der Waals surface area contributed by atoms with Crippen LogP contribution in [0.1, 0.15) is 31.9 Å². The van der Waals surface area contributed by atoms with Gasteiger partial charge in [-0.3, -0.25) is 9.36 Å². The van der Waals surface area contributed by atoms with Gasteiger partial charge in [0.1, 0.15) is 34.0 Å². The molecule has 3 heterocycles. The molecular formula is C22H33ClN7O12PS. The van der Waals surface area contributed by atoms with Gasteiger partial charge in [0, 0.05) is 19.4 Å². The van der Waals surface area contributed by atoms with Crippen LogP contribution in [0.5, 0.6) is 0 Å².